The number of nitrogens with zero attached hydrogens (tertiary/aromatic N) is 2. The minimum absolute atomic E-state index is 0. The number of benzene rings is 3. The number of rotatable bonds is 10. The number of methoxy groups -OCH3 is 4. The zero-order valence-electron chi connectivity index (χ0n) is 49.2. The fourth-order valence-corrected chi connectivity index (χ4v) is 9.26. The maximum Gasteiger partial charge on any atom is 0.504 e. The number of aromatic nitrogens is 7. The lowest BCUT2D eigenvalue weighted by molar-refractivity contribution is -0.115. The number of amides is 1. The smallest absolute Gasteiger partial charge is 0.499 e. The van der Waals surface area contributed by atoms with Crippen molar-refractivity contribution >= 4 is 138 Å². The molecule has 19 nitrogen and oxygen atoms in total. The summed E-state index contributed by atoms with van der Waals surface area (Å²) in [6.45, 7) is 10.4. The topological polar surface area (TPSA) is 273 Å². The quantitative estimate of drug-likeness (QED) is 0.0352. The van der Waals surface area contributed by atoms with E-state index in [1.165, 1.54) is 34.5 Å². The third kappa shape index (κ3) is 21.7. The summed E-state index contributed by atoms with van der Waals surface area (Å²) in [5.41, 5.74) is 11.7. The van der Waals surface area contributed by atoms with Crippen LogP contribution in [0.15, 0.2) is 143 Å². The molecular formula is C64H79B3BrCl3N9O10. The Labute approximate surface area is 552 Å². The van der Waals surface area contributed by atoms with Crippen LogP contribution >= 0.6 is 51.5 Å². The van der Waals surface area contributed by atoms with Crippen molar-refractivity contribution in [2.24, 2.45) is 4.99 Å². The zero-order valence-corrected chi connectivity index (χ0v) is 53.1. The molecule has 477 valence electrons. The van der Waals surface area contributed by atoms with Crippen LogP contribution in [0.2, 0.25) is 6.82 Å². The number of para-hydroxylation sites is 3. The zero-order chi connectivity index (χ0) is 61.7. The monoisotopic (exact) mass is 1350 g/mol. The van der Waals surface area contributed by atoms with E-state index in [-0.39, 0.29) is 54.3 Å². The molecule has 0 unspecified atom stereocenters. The first kappa shape index (κ1) is 79.7. The Morgan fingerprint density at radius 3 is 1.77 bits per heavy atom. The van der Waals surface area contributed by atoms with Gasteiger partial charge in [0, 0.05) is 83.2 Å². The average Bonchev–Trinajstić information content (AvgIpc) is 2.35. The molecule has 1 amide bonds. The van der Waals surface area contributed by atoms with E-state index < -0.39 is 14.2 Å². The number of ether oxygens (including phenoxy) is 4. The van der Waals surface area contributed by atoms with E-state index in [0.29, 0.717) is 47.1 Å². The molecule has 7 aromatic heterocycles. The third-order valence-electron chi connectivity index (χ3n) is 12.7. The molecule has 0 fully saturated rings. The van der Waals surface area contributed by atoms with E-state index in [9.17, 15) is 29.5 Å². The Hall–Kier alpha value is -8.28. The van der Waals surface area contributed by atoms with Gasteiger partial charge in [-0.1, -0.05) is 76.9 Å². The summed E-state index contributed by atoms with van der Waals surface area (Å²) in [5.74, 6) is 2.56. The number of H-pyrrole nitrogens is 6. The van der Waals surface area contributed by atoms with Crippen LogP contribution in [0, 0.1) is 27.7 Å². The first-order chi connectivity index (χ1) is 40.9. The van der Waals surface area contributed by atoms with Crippen molar-refractivity contribution in [2.45, 2.75) is 56.8 Å². The van der Waals surface area contributed by atoms with Crippen LogP contribution in [-0.2, 0) is 9.53 Å². The van der Waals surface area contributed by atoms with Gasteiger partial charge in [0.15, 0.2) is 12.6 Å². The highest BCUT2D eigenvalue weighted by atomic mass is 79.9. The lowest BCUT2D eigenvalue weighted by atomic mass is 9.79. The molecule has 9 heterocycles. The van der Waals surface area contributed by atoms with Crippen molar-refractivity contribution in [3.63, 3.8) is 0 Å². The highest BCUT2D eigenvalue weighted by molar-refractivity contribution is 9.10. The molecule has 0 atom stereocenters. The van der Waals surface area contributed by atoms with E-state index in [1.54, 1.807) is 40.3 Å². The number of alkyl halides is 2. The van der Waals surface area contributed by atoms with Gasteiger partial charge < -0.3 is 73.7 Å². The van der Waals surface area contributed by atoms with Crippen molar-refractivity contribution in [1.29, 1.82) is 0 Å². The summed E-state index contributed by atoms with van der Waals surface area (Å²) in [7, 11) is 3.93. The van der Waals surface area contributed by atoms with Gasteiger partial charge in [-0.3, -0.25) is 14.4 Å². The normalized spacial score (nSPS) is 11.7. The highest BCUT2D eigenvalue weighted by Gasteiger charge is 2.23. The molecule has 0 saturated carbocycles. The van der Waals surface area contributed by atoms with Gasteiger partial charge in [0.2, 0.25) is 5.91 Å². The number of nitrogens with one attached hydrogen (secondary N) is 7. The van der Waals surface area contributed by atoms with Crippen molar-refractivity contribution in [2.75, 3.05) is 40.3 Å². The number of carbonyl (C=O) groups excluding carboxylic acids is 3. The van der Waals surface area contributed by atoms with Crippen molar-refractivity contribution in [1.82, 2.24) is 39.7 Å². The van der Waals surface area contributed by atoms with Crippen LogP contribution in [0.5, 0.6) is 17.2 Å². The molecule has 0 aliphatic carbocycles. The van der Waals surface area contributed by atoms with Gasteiger partial charge >= 0.3 is 14.2 Å². The maximum absolute atomic E-state index is 10.9. The number of aromatic amines is 6. The fourth-order valence-electron chi connectivity index (χ4n) is 8.83. The Kier molecular flexibility index (Phi) is 34.5. The summed E-state index contributed by atoms with van der Waals surface area (Å²) in [6.07, 6.45) is 9.08. The Morgan fingerprint density at radius 1 is 0.678 bits per heavy atom. The molecule has 3 aromatic carbocycles. The molecule has 0 saturated heterocycles. The Bertz CT molecular complexity index is 4080. The predicted molar refractivity (Wildman–Crippen MR) is 375 cm³/mol. The van der Waals surface area contributed by atoms with E-state index >= 15 is 0 Å². The van der Waals surface area contributed by atoms with Gasteiger partial charge in [-0.2, -0.15) is 0 Å². The minimum Gasteiger partial charge on any atom is -0.499 e. The van der Waals surface area contributed by atoms with Crippen molar-refractivity contribution in [3.8, 4) is 28.6 Å². The van der Waals surface area contributed by atoms with Gasteiger partial charge in [0.1, 0.15) is 34.4 Å². The number of aryl methyl sites for hydroxylation is 4. The molecule has 2 aliphatic rings. The minimum atomic E-state index is -1.58. The number of aldehydes is 2. The first-order valence-electron chi connectivity index (χ1n) is 26.3. The van der Waals surface area contributed by atoms with Gasteiger partial charge in [0.05, 0.1) is 78.1 Å². The molecule has 10 N–H and O–H groups in total. The highest BCUT2D eigenvalue weighted by Crippen LogP contribution is 2.28. The molecule has 90 heavy (non-hydrogen) atoms. The predicted octanol–water partition coefficient (Wildman–Crippen LogP) is 9.53. The molecule has 12 rings (SSSR count). The summed E-state index contributed by atoms with van der Waals surface area (Å²) in [5, 5.41) is 36.7. The van der Waals surface area contributed by atoms with E-state index in [2.05, 4.69) is 102 Å². The SMILES string of the molecule is C.C.C.CB(O)n1c(B(O)O)cc2ccccc21.COC1=CC(=O)NC1.COc1cc(-c2cc3ccccc3[nH]2)[nH]c1C=O.COc1cc(=C2C=c3ccccc3=N2)[nH]/c1=C/c1[nH]c(C)cc1C.COc1cc(Br)[nH]c1C=O.Cc1c[nH]c(C)c1.Cl.ClCCl.[B]. The standard InChI is InChI=1S/C20H19N3O.C14H12N2O2.C9H11B2NO3.C6H6BrNO2.C6H9N.C5H7NO2.CH2Cl2.3CH4.B.ClH/c1-12-8-13(2)21-16(12)10-19-20(24-3)11-18(23-19)17-9-14-6-4-5-7-15(14)22-17;1-18-14-7-12(16-13(14)8-17)11-6-9-4-2-3-5-10(9)15-11;1-10(13)12-8-5-3-2-4-7(8)6-9(12)11(14)15;1-10-5-2-6(7)8-4(5)3-9;1-5-3-6(2)7-4-5;1-8-4-2-5(7)6-3-4;2-1-3;;;;;/h4-11,21,23H,1-3H3;2-8,15-16H,1H3;2-6,13-15H,1H3;2-3,8H,1H3;3-4,7H,1-2H3;2H,3H2,1H3,(H,6,7);1H2;3*1H4;;1H/b18-17?,19-10+;;;;;;;;;;;. The average molecular weight is 1350 g/mol. The number of fused-ring (bicyclic) bond motifs is 3. The number of carbonyl (C=O) groups is 3. The van der Waals surface area contributed by atoms with Gasteiger partial charge in [-0.15, -0.1) is 35.6 Å². The van der Waals surface area contributed by atoms with Gasteiger partial charge in [-0.05, 0) is 122 Å². The van der Waals surface area contributed by atoms with Crippen LogP contribution < -0.4 is 46.4 Å². The molecule has 0 spiro atoms. The van der Waals surface area contributed by atoms with Crippen LogP contribution in [0.3, 0.4) is 0 Å². The molecular weight excluding hydrogens is 1270 g/mol. The third-order valence-corrected chi connectivity index (χ3v) is 13.1. The van der Waals surface area contributed by atoms with E-state index in [4.69, 9.17) is 47.1 Å². The van der Waals surface area contributed by atoms with Crippen molar-refractivity contribution < 1.29 is 48.4 Å². The summed E-state index contributed by atoms with van der Waals surface area (Å²) < 4.78 is 22.5. The van der Waals surface area contributed by atoms with Crippen LogP contribution in [0.1, 0.15) is 71.5 Å². The second kappa shape index (κ2) is 39.0. The number of hydrogen-bond donors (Lipinski definition) is 10. The largest absolute Gasteiger partial charge is 0.504 e. The van der Waals surface area contributed by atoms with Crippen LogP contribution in [0.25, 0.3) is 51.0 Å². The summed E-state index contributed by atoms with van der Waals surface area (Å²) >= 11 is 12.7. The Balaban J connectivity index is 0.000000554. The lowest BCUT2D eigenvalue weighted by Gasteiger charge is -2.09. The van der Waals surface area contributed by atoms with E-state index in [0.717, 1.165) is 88.2 Å². The Morgan fingerprint density at radius 2 is 1.28 bits per heavy atom. The second-order valence-corrected chi connectivity index (χ2v) is 20.5. The maximum atomic E-state index is 10.9. The van der Waals surface area contributed by atoms with E-state index in [1.807, 2.05) is 98.0 Å². The molecule has 10 aromatic rings. The van der Waals surface area contributed by atoms with Gasteiger partial charge in [0.25, 0.3) is 0 Å². The lowest BCUT2D eigenvalue weighted by Crippen LogP contribution is -2.41. The first-order valence-corrected chi connectivity index (χ1v) is 28.1. The molecule has 3 radical (unpaired) electrons. The fraction of sp³-hybridized carbons (Fsp3) is 0.219. The summed E-state index contributed by atoms with van der Waals surface area (Å²) in [4.78, 5) is 55.2. The number of halogens is 4. The van der Waals surface area contributed by atoms with Crippen LogP contribution in [0.4, 0.5) is 0 Å². The van der Waals surface area contributed by atoms with Gasteiger partial charge in [-0.25, -0.2) is 4.99 Å². The summed E-state index contributed by atoms with van der Waals surface area (Å²) in [6, 6.07) is 37.0. The molecule has 0 bridgehead atoms. The van der Waals surface area contributed by atoms with Crippen LogP contribution in [-0.4, -0.2) is 131 Å². The molecule has 26 heteroatoms. The number of hydrogen-bond acceptors (Lipinski definition) is 11. The molecule has 2 aliphatic heterocycles. The van der Waals surface area contributed by atoms with Crippen molar-refractivity contribution in [3.05, 3.63) is 199 Å². The second-order valence-electron chi connectivity index (χ2n) is 18.8.